The molecule has 9 N–H and O–H groups in total. The summed E-state index contributed by atoms with van der Waals surface area (Å²) in [5.41, 5.74) is 0. The first kappa shape index (κ1) is 85.8. The van der Waals surface area contributed by atoms with Crippen LogP contribution in [-0.2, 0) is 23.7 Å². The molecular weight excluding hydrogens is 1150 g/mol. The number of unbranched alkanes of at least 4 members (excludes halogenated alkanes) is 54. The average molecular weight is 1300 g/mol. The fraction of sp³-hybridized carbons (Fsp3) is 0.961. The van der Waals surface area contributed by atoms with Crippen molar-refractivity contribution >= 4 is 5.91 Å². The van der Waals surface area contributed by atoms with Gasteiger partial charge in [-0.1, -0.05) is 366 Å². The Hall–Kier alpha value is -1.27. The molecule has 0 aromatic heterocycles. The van der Waals surface area contributed by atoms with Gasteiger partial charge in [-0.25, -0.2) is 0 Å². The lowest BCUT2D eigenvalue weighted by atomic mass is 9.97. The first-order chi connectivity index (χ1) is 44.6. The van der Waals surface area contributed by atoms with Gasteiger partial charge in [0.1, 0.15) is 48.8 Å². The van der Waals surface area contributed by atoms with Crippen molar-refractivity contribution in [2.45, 2.75) is 453 Å². The van der Waals surface area contributed by atoms with E-state index in [9.17, 15) is 45.6 Å². The highest BCUT2D eigenvalue weighted by atomic mass is 16.7. The molecule has 0 aromatic rings. The standard InChI is InChI=1S/C77H149NO13/c1-3-5-7-9-11-13-15-17-19-21-23-25-27-29-30-31-32-33-34-35-37-38-40-42-44-46-48-50-52-54-56-58-60-66(81)65(64-88-76-74(87)72(85)75(68(63-80)90-76)91-77-73(86)71(84)70(83)67(62-79)89-77)78-69(82)61-59-57-55-53-51-49-47-45-43-41-39-36-28-26-24-22-20-18-16-14-12-10-8-6-4-2/h58,60,65-68,70-77,79-81,83-87H,3-57,59,61-64H2,1-2H3,(H,78,82)/b60-58+. The fourth-order valence-electron chi connectivity index (χ4n) is 13.5. The molecule has 2 rings (SSSR count). The van der Waals surface area contributed by atoms with Crippen molar-refractivity contribution in [2.75, 3.05) is 19.8 Å². The molecule has 12 unspecified atom stereocenters. The number of rotatable bonds is 67. The molecule has 12 atom stereocenters. The zero-order valence-corrected chi connectivity index (χ0v) is 59.1. The molecule has 2 saturated heterocycles. The highest BCUT2D eigenvalue weighted by molar-refractivity contribution is 5.76. The van der Waals surface area contributed by atoms with Crippen LogP contribution in [0, 0.1) is 0 Å². The highest BCUT2D eigenvalue weighted by Crippen LogP contribution is 2.30. The summed E-state index contributed by atoms with van der Waals surface area (Å²) < 4.78 is 22.9. The maximum absolute atomic E-state index is 13.4. The third-order valence-electron chi connectivity index (χ3n) is 19.7. The van der Waals surface area contributed by atoms with Crippen LogP contribution in [0.1, 0.15) is 380 Å². The number of amides is 1. The van der Waals surface area contributed by atoms with Gasteiger partial charge in [0.05, 0.1) is 32.0 Å². The van der Waals surface area contributed by atoms with E-state index in [4.69, 9.17) is 18.9 Å². The van der Waals surface area contributed by atoms with Gasteiger partial charge in [0.2, 0.25) is 5.91 Å². The summed E-state index contributed by atoms with van der Waals surface area (Å²) in [5, 5.41) is 87.6. The number of carbonyl (C=O) groups excluding carboxylic acids is 1. The molecule has 0 aliphatic carbocycles. The lowest BCUT2D eigenvalue weighted by Gasteiger charge is -2.46. The third kappa shape index (κ3) is 45.8. The van der Waals surface area contributed by atoms with E-state index in [-0.39, 0.29) is 18.9 Å². The van der Waals surface area contributed by atoms with E-state index in [0.717, 1.165) is 44.9 Å². The Morgan fingerprint density at radius 3 is 1.01 bits per heavy atom. The van der Waals surface area contributed by atoms with Gasteiger partial charge in [-0.2, -0.15) is 0 Å². The van der Waals surface area contributed by atoms with Gasteiger partial charge in [0.15, 0.2) is 12.6 Å². The number of nitrogens with one attached hydrogen (secondary N) is 1. The quantitative estimate of drug-likeness (QED) is 0.0204. The summed E-state index contributed by atoms with van der Waals surface area (Å²) in [7, 11) is 0. The van der Waals surface area contributed by atoms with Gasteiger partial charge in [0.25, 0.3) is 0 Å². The molecule has 2 fully saturated rings. The second-order valence-electron chi connectivity index (χ2n) is 28.2. The van der Waals surface area contributed by atoms with Crippen LogP contribution in [0.4, 0.5) is 0 Å². The van der Waals surface area contributed by atoms with E-state index in [1.165, 1.54) is 315 Å². The van der Waals surface area contributed by atoms with Crippen molar-refractivity contribution in [1.29, 1.82) is 0 Å². The summed E-state index contributed by atoms with van der Waals surface area (Å²) in [6.45, 7) is 2.88. The van der Waals surface area contributed by atoms with Crippen LogP contribution in [-0.4, -0.2) is 140 Å². The van der Waals surface area contributed by atoms with E-state index in [1.807, 2.05) is 6.08 Å². The van der Waals surface area contributed by atoms with E-state index < -0.39 is 86.8 Å². The van der Waals surface area contributed by atoms with Crippen molar-refractivity contribution in [1.82, 2.24) is 5.32 Å². The van der Waals surface area contributed by atoms with E-state index >= 15 is 0 Å². The number of hydrogen-bond donors (Lipinski definition) is 9. The summed E-state index contributed by atoms with van der Waals surface area (Å²) >= 11 is 0. The molecule has 14 heteroatoms. The van der Waals surface area contributed by atoms with Gasteiger partial charge >= 0.3 is 0 Å². The van der Waals surface area contributed by atoms with Gasteiger partial charge in [-0.15, -0.1) is 0 Å². The molecule has 91 heavy (non-hydrogen) atoms. The lowest BCUT2D eigenvalue weighted by molar-refractivity contribution is -0.359. The summed E-state index contributed by atoms with van der Waals surface area (Å²) in [5.74, 6) is -0.229. The largest absolute Gasteiger partial charge is 0.394 e. The predicted octanol–water partition coefficient (Wildman–Crippen LogP) is 17.3. The zero-order chi connectivity index (χ0) is 65.9. The predicted molar refractivity (Wildman–Crippen MR) is 374 cm³/mol. The second-order valence-corrected chi connectivity index (χ2v) is 28.2. The molecule has 14 nitrogen and oxygen atoms in total. The molecule has 2 heterocycles. The SMILES string of the molecule is CCCCCCCCCCCCCCCCCCCCCCCCCCCCCCCC/C=C/C(O)C(COC1OC(CO)C(OC2OC(CO)C(O)C(O)C2O)C(O)C1O)NC(=O)CCCCCCCCCCCCCCCCCCCCCCCCCCC. The first-order valence-corrected chi connectivity index (χ1v) is 39.4. The Bertz CT molecular complexity index is 1570. The van der Waals surface area contributed by atoms with Crippen LogP contribution < -0.4 is 5.32 Å². The Morgan fingerprint density at radius 2 is 0.681 bits per heavy atom. The van der Waals surface area contributed by atoms with Crippen LogP contribution in [0.2, 0.25) is 0 Å². The maximum Gasteiger partial charge on any atom is 0.220 e. The number of aliphatic hydroxyl groups is 8. The van der Waals surface area contributed by atoms with Crippen LogP contribution in [0.5, 0.6) is 0 Å². The highest BCUT2D eigenvalue weighted by Gasteiger charge is 2.51. The molecule has 2 aliphatic rings. The average Bonchev–Trinajstić information content (AvgIpc) is 2.77. The summed E-state index contributed by atoms with van der Waals surface area (Å²) in [6.07, 6.45) is 61.5. The summed E-state index contributed by atoms with van der Waals surface area (Å²) in [6, 6.07) is -0.912. The molecule has 0 bridgehead atoms. The minimum atomic E-state index is -1.79. The van der Waals surface area contributed by atoms with E-state index in [1.54, 1.807) is 6.08 Å². The van der Waals surface area contributed by atoms with Crippen LogP contribution in [0.3, 0.4) is 0 Å². The van der Waals surface area contributed by atoms with Gasteiger partial charge in [-0.05, 0) is 19.3 Å². The number of allylic oxidation sites excluding steroid dienone is 1. The summed E-state index contributed by atoms with van der Waals surface area (Å²) in [4.78, 5) is 13.4. The lowest BCUT2D eigenvalue weighted by Crippen LogP contribution is -2.65. The normalized spacial score (nSPS) is 22.7. The Labute approximate surface area is 558 Å². The smallest absolute Gasteiger partial charge is 0.220 e. The number of hydrogen-bond acceptors (Lipinski definition) is 13. The van der Waals surface area contributed by atoms with Crippen LogP contribution in [0.25, 0.3) is 0 Å². The molecular formula is C77H149NO13. The van der Waals surface area contributed by atoms with E-state index in [2.05, 4.69) is 19.2 Å². The molecule has 0 radical (unpaired) electrons. The topological polar surface area (TPSA) is 228 Å². The Kier molecular flexibility index (Phi) is 58.7. The monoisotopic (exact) mass is 1300 g/mol. The van der Waals surface area contributed by atoms with E-state index in [0.29, 0.717) is 0 Å². The zero-order valence-electron chi connectivity index (χ0n) is 59.1. The van der Waals surface area contributed by atoms with Crippen molar-refractivity contribution in [3.63, 3.8) is 0 Å². The Balaban J connectivity index is 1.62. The number of carbonyl (C=O) groups is 1. The molecule has 0 saturated carbocycles. The second kappa shape index (κ2) is 62.3. The molecule has 2 aliphatic heterocycles. The molecule has 0 spiro atoms. The van der Waals surface area contributed by atoms with Crippen molar-refractivity contribution in [2.24, 2.45) is 0 Å². The first-order valence-electron chi connectivity index (χ1n) is 39.4. The minimum absolute atomic E-state index is 0.229. The van der Waals surface area contributed by atoms with Gasteiger partial charge < -0.3 is 65.1 Å². The van der Waals surface area contributed by atoms with Crippen LogP contribution >= 0.6 is 0 Å². The maximum atomic E-state index is 13.4. The van der Waals surface area contributed by atoms with Crippen molar-refractivity contribution in [3.8, 4) is 0 Å². The van der Waals surface area contributed by atoms with Crippen molar-refractivity contribution < 1.29 is 64.6 Å². The molecule has 1 amide bonds. The Morgan fingerprint density at radius 1 is 0.385 bits per heavy atom. The van der Waals surface area contributed by atoms with Crippen LogP contribution in [0.15, 0.2) is 12.2 Å². The molecule has 540 valence electrons. The van der Waals surface area contributed by atoms with Gasteiger partial charge in [0, 0.05) is 6.42 Å². The van der Waals surface area contributed by atoms with Crippen molar-refractivity contribution in [3.05, 3.63) is 12.2 Å². The fourth-order valence-corrected chi connectivity index (χ4v) is 13.5. The number of ether oxygens (including phenoxy) is 4. The minimum Gasteiger partial charge on any atom is -0.394 e. The molecule has 0 aromatic carbocycles. The number of aliphatic hydroxyl groups excluding tert-OH is 8. The van der Waals surface area contributed by atoms with Gasteiger partial charge in [-0.3, -0.25) is 4.79 Å². The third-order valence-corrected chi connectivity index (χ3v) is 19.7.